The predicted molar refractivity (Wildman–Crippen MR) is 224 cm³/mol. The second-order valence-electron chi connectivity index (χ2n) is 14.0. The molecule has 0 radical (unpaired) electrons. The zero-order valence-electron chi connectivity index (χ0n) is 33.7. The summed E-state index contributed by atoms with van der Waals surface area (Å²) in [6, 6.07) is 3.37. The van der Waals surface area contributed by atoms with Gasteiger partial charge in [-0.3, -0.25) is 0 Å². The lowest BCUT2D eigenvalue weighted by molar-refractivity contribution is 0.0299. The smallest absolute Gasteiger partial charge is 0.490 e. The van der Waals surface area contributed by atoms with Crippen molar-refractivity contribution in [2.45, 2.75) is 141 Å². The van der Waals surface area contributed by atoms with Crippen LogP contribution in [0.4, 0.5) is 4.79 Å². The summed E-state index contributed by atoms with van der Waals surface area (Å²) in [5.41, 5.74) is 0.293. The largest absolute Gasteiger partial charge is 0.508 e. The van der Waals surface area contributed by atoms with Crippen molar-refractivity contribution in [2.75, 3.05) is 33.0 Å². The molecule has 1 saturated heterocycles. The zero-order chi connectivity index (χ0) is 39.4. The normalized spacial score (nSPS) is 14.0. The van der Waals surface area contributed by atoms with E-state index in [4.69, 9.17) is 28.4 Å². The van der Waals surface area contributed by atoms with Gasteiger partial charge in [0, 0.05) is 0 Å². The predicted octanol–water partition coefficient (Wildman–Crippen LogP) is 12.9. The molecule has 0 N–H and O–H groups in total. The highest BCUT2D eigenvalue weighted by Crippen LogP contribution is 2.40. The number of carbonyl (C=O) groups excluding carboxylic acids is 2. The highest BCUT2D eigenvalue weighted by atomic mass is 16.8. The van der Waals surface area contributed by atoms with E-state index in [2.05, 4.69) is 38.0 Å². The molecule has 1 aliphatic heterocycles. The number of allylic oxidation sites excluding steroid dienone is 9. The summed E-state index contributed by atoms with van der Waals surface area (Å²) < 4.78 is 34.5. The van der Waals surface area contributed by atoms with E-state index in [-0.39, 0.29) is 13.2 Å². The zero-order valence-corrected chi connectivity index (χ0v) is 33.7. The van der Waals surface area contributed by atoms with Crippen molar-refractivity contribution in [3.8, 4) is 17.2 Å². The van der Waals surface area contributed by atoms with Crippen LogP contribution in [0, 0.1) is 0 Å². The van der Waals surface area contributed by atoms with Crippen molar-refractivity contribution in [3.05, 3.63) is 92.1 Å². The van der Waals surface area contributed by atoms with Crippen LogP contribution in [0.2, 0.25) is 0 Å². The molecule has 2 rings (SSSR count). The second-order valence-corrected chi connectivity index (χ2v) is 14.0. The number of carbonyl (C=O) groups is 2. The molecular formula is C47H70O8. The minimum Gasteiger partial charge on any atom is -0.490 e. The molecule has 1 unspecified atom stereocenters. The number of hydrogen-bond donors (Lipinski definition) is 0. The standard InChI is InChI=1S/C47H70O8/c1-4-7-10-13-16-19-22-25-28-31-34-50-43-37-41(46(48)53-39-42-40-54-47(49)55-42)38-44(51-35-32-29-26-23-20-17-14-11-8-5-2)45(43)52-36-33-30-27-24-21-18-15-12-9-6-3/h4-12,37-38,42H,1-3,13-36,39-40H2/b10-7+,11-8+,12-9+. The fraction of sp³-hybridized carbons (Fsp3) is 0.574. The Kier molecular flexibility index (Phi) is 28.3. The van der Waals surface area contributed by atoms with Crippen LogP contribution < -0.4 is 14.2 Å². The fourth-order valence-corrected chi connectivity index (χ4v) is 6.08. The molecule has 55 heavy (non-hydrogen) atoms. The van der Waals surface area contributed by atoms with Crippen LogP contribution in [-0.4, -0.2) is 51.3 Å². The molecule has 8 heteroatoms. The summed E-state index contributed by atoms with van der Waals surface area (Å²) >= 11 is 0. The number of rotatable bonds is 36. The van der Waals surface area contributed by atoms with Gasteiger partial charge in [-0.2, -0.15) is 0 Å². The molecule has 1 fully saturated rings. The van der Waals surface area contributed by atoms with E-state index in [9.17, 15) is 9.59 Å². The molecular weight excluding hydrogens is 693 g/mol. The maximum absolute atomic E-state index is 13.3. The number of benzene rings is 1. The van der Waals surface area contributed by atoms with Crippen LogP contribution in [0.15, 0.2) is 86.6 Å². The summed E-state index contributed by atoms with van der Waals surface area (Å²) in [6.07, 6.45) is 39.9. The van der Waals surface area contributed by atoms with Gasteiger partial charge in [-0.1, -0.05) is 151 Å². The number of esters is 1. The van der Waals surface area contributed by atoms with Gasteiger partial charge in [0.25, 0.3) is 0 Å². The van der Waals surface area contributed by atoms with E-state index in [1.54, 1.807) is 12.1 Å². The highest BCUT2D eigenvalue weighted by Gasteiger charge is 2.27. The number of unbranched alkanes of at least 4 members (excludes halogenated alkanes) is 18. The Hall–Kier alpha value is -4.20. The number of ether oxygens (including phenoxy) is 6. The van der Waals surface area contributed by atoms with E-state index in [1.165, 1.54) is 57.8 Å². The molecule has 0 saturated carbocycles. The minimum absolute atomic E-state index is 0.0490. The maximum Gasteiger partial charge on any atom is 0.508 e. The van der Waals surface area contributed by atoms with Crippen LogP contribution in [0.5, 0.6) is 17.2 Å². The highest BCUT2D eigenvalue weighted by molar-refractivity contribution is 5.91. The van der Waals surface area contributed by atoms with Crippen LogP contribution in [0.3, 0.4) is 0 Å². The molecule has 0 bridgehead atoms. The van der Waals surface area contributed by atoms with E-state index < -0.39 is 18.2 Å². The number of hydrogen-bond acceptors (Lipinski definition) is 8. The van der Waals surface area contributed by atoms with Gasteiger partial charge < -0.3 is 28.4 Å². The molecule has 0 spiro atoms. The van der Waals surface area contributed by atoms with E-state index in [0.717, 1.165) is 77.0 Å². The summed E-state index contributed by atoms with van der Waals surface area (Å²) in [4.78, 5) is 24.7. The summed E-state index contributed by atoms with van der Waals surface area (Å²) in [5, 5.41) is 0. The first-order chi connectivity index (χ1) is 27.1. The Morgan fingerprint density at radius 2 is 1.00 bits per heavy atom. The van der Waals surface area contributed by atoms with Crippen molar-refractivity contribution in [3.63, 3.8) is 0 Å². The van der Waals surface area contributed by atoms with Crippen LogP contribution >= 0.6 is 0 Å². The Morgan fingerprint density at radius 3 is 1.40 bits per heavy atom. The third kappa shape index (κ3) is 24.0. The van der Waals surface area contributed by atoms with Gasteiger partial charge >= 0.3 is 12.1 Å². The minimum atomic E-state index is -0.757. The van der Waals surface area contributed by atoms with Crippen molar-refractivity contribution in [1.29, 1.82) is 0 Å². The Balaban J connectivity index is 2.04. The molecule has 1 heterocycles. The average Bonchev–Trinajstić information content (AvgIpc) is 3.62. The molecule has 1 atom stereocenters. The second kappa shape index (κ2) is 33.2. The van der Waals surface area contributed by atoms with E-state index in [0.29, 0.717) is 42.6 Å². The van der Waals surface area contributed by atoms with Crippen molar-refractivity contribution >= 4 is 12.1 Å². The van der Waals surface area contributed by atoms with Crippen molar-refractivity contribution in [1.82, 2.24) is 0 Å². The Bertz CT molecular complexity index is 1240. The van der Waals surface area contributed by atoms with Gasteiger partial charge in [0.2, 0.25) is 5.75 Å². The molecule has 1 aromatic rings. The van der Waals surface area contributed by atoms with Gasteiger partial charge in [0.15, 0.2) is 17.6 Å². The molecule has 1 aliphatic rings. The first kappa shape index (κ1) is 47.0. The Labute approximate surface area is 332 Å². The van der Waals surface area contributed by atoms with E-state index in [1.807, 2.05) is 36.5 Å². The van der Waals surface area contributed by atoms with E-state index >= 15 is 0 Å². The topological polar surface area (TPSA) is 89.5 Å². The van der Waals surface area contributed by atoms with Crippen molar-refractivity contribution in [2.24, 2.45) is 0 Å². The first-order valence-electron chi connectivity index (χ1n) is 21.0. The van der Waals surface area contributed by atoms with Gasteiger partial charge in [0.1, 0.15) is 13.2 Å². The van der Waals surface area contributed by atoms with Gasteiger partial charge in [-0.25, -0.2) is 9.59 Å². The fourth-order valence-electron chi connectivity index (χ4n) is 6.08. The van der Waals surface area contributed by atoms with Crippen LogP contribution in [0.25, 0.3) is 0 Å². The lowest BCUT2D eigenvalue weighted by Gasteiger charge is -2.19. The summed E-state index contributed by atoms with van der Waals surface area (Å²) in [6.45, 7) is 12.6. The van der Waals surface area contributed by atoms with Gasteiger partial charge in [-0.15, -0.1) is 0 Å². The van der Waals surface area contributed by atoms with Crippen molar-refractivity contribution < 1.29 is 38.0 Å². The molecule has 306 valence electrons. The third-order valence-corrected chi connectivity index (χ3v) is 9.18. The lowest BCUT2D eigenvalue weighted by atomic mass is 10.1. The van der Waals surface area contributed by atoms with Gasteiger partial charge in [-0.05, 0) is 69.9 Å². The SMILES string of the molecule is C=C/C=C/CCCCCCCCOc1cc(C(=O)OCC2COC(=O)O2)cc(OCCCCCCCC/C=C/C=C)c1OCCCCCCCC/C=C/C=C. The first-order valence-corrected chi connectivity index (χ1v) is 21.0. The summed E-state index contributed by atoms with van der Waals surface area (Å²) in [7, 11) is 0. The molecule has 1 aromatic carbocycles. The molecule has 0 aromatic heterocycles. The monoisotopic (exact) mass is 763 g/mol. The molecule has 8 nitrogen and oxygen atoms in total. The third-order valence-electron chi connectivity index (χ3n) is 9.18. The van der Waals surface area contributed by atoms with Crippen LogP contribution in [-0.2, 0) is 14.2 Å². The van der Waals surface area contributed by atoms with Gasteiger partial charge in [0.05, 0.1) is 25.4 Å². The Morgan fingerprint density at radius 1 is 0.600 bits per heavy atom. The lowest BCUT2D eigenvalue weighted by Crippen LogP contribution is -2.21. The van der Waals surface area contributed by atoms with Crippen LogP contribution in [0.1, 0.15) is 145 Å². The quantitative estimate of drug-likeness (QED) is 0.0379. The molecule has 0 amide bonds. The maximum atomic E-state index is 13.3. The summed E-state index contributed by atoms with van der Waals surface area (Å²) in [5.74, 6) is 0.929. The molecule has 0 aliphatic carbocycles. The average molecular weight is 763 g/mol. The number of cyclic esters (lactones) is 2.